The number of nitrogens with one attached hydrogen (secondary N) is 1. The largest absolute Gasteiger partial charge is 0.328 e. The molecule has 11 heteroatoms. The highest BCUT2D eigenvalue weighted by Gasteiger charge is 2.32. The lowest BCUT2D eigenvalue weighted by molar-refractivity contribution is -0.116. The number of amides is 2. The molecule has 4 unspecified atom stereocenters. The molecule has 104 valence electrons. The quantitative estimate of drug-likeness (QED) is 0.845. The third-order valence-electron chi connectivity index (χ3n) is 2.57. The van der Waals surface area contributed by atoms with E-state index in [4.69, 9.17) is 0 Å². The van der Waals surface area contributed by atoms with Crippen molar-refractivity contribution in [1.82, 2.24) is 19.7 Å². The number of carbonyl (C=O) groups excluding carboxylic acids is 2. The van der Waals surface area contributed by atoms with E-state index in [2.05, 4.69) is 33.5 Å². The average Bonchev–Trinajstić information content (AvgIpc) is 2.75. The Hall–Kier alpha value is -0.200. The van der Waals surface area contributed by atoms with Crippen molar-refractivity contribution in [2.24, 2.45) is 0 Å². The molecule has 0 bridgehead atoms. The molecule has 19 heavy (non-hydrogen) atoms. The van der Waals surface area contributed by atoms with Gasteiger partial charge in [-0.25, -0.2) is 4.45 Å². The molecule has 4 atom stereocenters. The summed E-state index contributed by atoms with van der Waals surface area (Å²) in [4.78, 5) is 25.8. The fraction of sp³-hybridized carbons (Fsp3) is 0.500. The van der Waals surface area contributed by atoms with Crippen molar-refractivity contribution in [3.8, 4) is 0 Å². The lowest BCUT2D eigenvalue weighted by Gasteiger charge is -2.19. The Morgan fingerprint density at radius 3 is 2.89 bits per heavy atom. The van der Waals surface area contributed by atoms with E-state index in [0.29, 0.717) is 20.2 Å². The Morgan fingerprint density at radius 2 is 2.26 bits per heavy atom. The molecule has 0 spiro atoms. The zero-order valence-corrected chi connectivity index (χ0v) is 14.5. The molecule has 2 rings (SSSR count). The SMILES string of the molecule is CCCN1CC(=O)Nc2nnn(P(P)PP)c2C1=O. The van der Waals surface area contributed by atoms with E-state index in [9.17, 15) is 9.59 Å². The second-order valence-electron chi connectivity index (χ2n) is 3.92. The van der Waals surface area contributed by atoms with Crippen molar-refractivity contribution in [2.45, 2.75) is 13.3 Å². The number of nitrogens with zero attached hydrogens (tertiary/aromatic N) is 4. The summed E-state index contributed by atoms with van der Waals surface area (Å²) in [7, 11) is 5.20. The predicted molar refractivity (Wildman–Crippen MR) is 84.9 cm³/mol. The second kappa shape index (κ2) is 6.50. The molecule has 0 saturated heterocycles. The summed E-state index contributed by atoms with van der Waals surface area (Å²) in [5, 5.41) is 10.6. The minimum atomic E-state index is -0.680. The Morgan fingerprint density at radius 1 is 1.53 bits per heavy atom. The van der Waals surface area contributed by atoms with Gasteiger partial charge in [0, 0.05) is 6.54 Å². The van der Waals surface area contributed by atoms with Gasteiger partial charge in [0.15, 0.2) is 11.5 Å². The summed E-state index contributed by atoms with van der Waals surface area (Å²) in [6.07, 6.45) is 0.803. The van der Waals surface area contributed by atoms with Crippen LogP contribution in [0.5, 0.6) is 0 Å². The zero-order chi connectivity index (χ0) is 14.0. The molecule has 2 heterocycles. The van der Waals surface area contributed by atoms with Crippen LogP contribution >= 0.6 is 33.3 Å². The van der Waals surface area contributed by atoms with E-state index in [0.717, 1.165) is 6.42 Å². The van der Waals surface area contributed by atoms with Gasteiger partial charge in [-0.2, -0.15) is 0 Å². The van der Waals surface area contributed by atoms with Gasteiger partial charge in [0.2, 0.25) is 5.91 Å². The van der Waals surface area contributed by atoms with Gasteiger partial charge >= 0.3 is 0 Å². The molecular weight excluding hydrogens is 322 g/mol. The summed E-state index contributed by atoms with van der Waals surface area (Å²) < 4.78 is 1.62. The number of hydrogen-bond donors (Lipinski definition) is 1. The number of hydrogen-bond acceptors (Lipinski definition) is 4. The van der Waals surface area contributed by atoms with E-state index < -0.39 is 7.45 Å². The minimum Gasteiger partial charge on any atom is -0.328 e. The summed E-state index contributed by atoms with van der Waals surface area (Å²) >= 11 is 0. The molecule has 1 aromatic rings. The molecule has 0 radical (unpaired) electrons. The third-order valence-corrected chi connectivity index (χ3v) is 11.9. The number of carbonyl (C=O) groups is 2. The van der Waals surface area contributed by atoms with Crippen molar-refractivity contribution in [1.29, 1.82) is 0 Å². The molecule has 1 aliphatic heterocycles. The highest BCUT2D eigenvalue weighted by atomic mass is 32.6. The Labute approximate surface area is 118 Å². The van der Waals surface area contributed by atoms with Crippen LogP contribution < -0.4 is 5.32 Å². The molecule has 2 amide bonds. The van der Waals surface area contributed by atoms with Crippen LogP contribution in [-0.2, 0) is 4.79 Å². The zero-order valence-electron chi connectivity index (χ0n) is 10.3. The summed E-state index contributed by atoms with van der Waals surface area (Å²) in [6, 6.07) is 0. The summed E-state index contributed by atoms with van der Waals surface area (Å²) in [5.41, 5.74) is 0.385. The maximum Gasteiger partial charge on any atom is 0.276 e. The first-order valence-corrected chi connectivity index (χ1v) is 12.2. The van der Waals surface area contributed by atoms with Crippen LogP contribution in [0.1, 0.15) is 23.8 Å². The van der Waals surface area contributed by atoms with Crippen molar-refractivity contribution in [3.05, 3.63) is 5.69 Å². The molecule has 1 aliphatic rings. The lowest BCUT2D eigenvalue weighted by Crippen LogP contribution is -2.36. The third kappa shape index (κ3) is 3.11. The first-order valence-electron chi connectivity index (χ1n) is 5.64. The minimum absolute atomic E-state index is 0.0704. The van der Waals surface area contributed by atoms with Crippen LogP contribution in [0.15, 0.2) is 0 Å². The van der Waals surface area contributed by atoms with E-state index in [1.807, 2.05) is 6.92 Å². The van der Waals surface area contributed by atoms with Gasteiger partial charge < -0.3 is 10.2 Å². The molecule has 0 saturated carbocycles. The van der Waals surface area contributed by atoms with Gasteiger partial charge in [-0.3, -0.25) is 9.59 Å². The van der Waals surface area contributed by atoms with Crippen LogP contribution in [0.3, 0.4) is 0 Å². The predicted octanol–water partition coefficient (Wildman–Crippen LogP) is 1.50. The summed E-state index contributed by atoms with van der Waals surface area (Å²) in [5.74, 6) is -0.140. The molecule has 1 N–H and O–H groups in total. The topological polar surface area (TPSA) is 80.1 Å². The molecule has 1 aromatic heterocycles. The maximum absolute atomic E-state index is 12.5. The van der Waals surface area contributed by atoms with Crippen molar-refractivity contribution >= 4 is 50.9 Å². The first-order chi connectivity index (χ1) is 9.08. The number of fused-ring (bicyclic) bond motifs is 1. The van der Waals surface area contributed by atoms with Crippen molar-refractivity contribution in [2.75, 3.05) is 18.4 Å². The highest BCUT2D eigenvalue weighted by Crippen LogP contribution is 2.66. The van der Waals surface area contributed by atoms with Crippen LogP contribution in [0, 0.1) is 0 Å². The molecule has 0 aliphatic carbocycles. The number of aromatic nitrogens is 3. The highest BCUT2D eigenvalue weighted by molar-refractivity contribution is 8.60. The van der Waals surface area contributed by atoms with Crippen LogP contribution in [0.2, 0.25) is 0 Å². The van der Waals surface area contributed by atoms with Crippen LogP contribution in [-0.4, -0.2) is 44.6 Å². The normalized spacial score (nSPS) is 17.5. The van der Waals surface area contributed by atoms with E-state index in [1.54, 1.807) is 9.35 Å². The van der Waals surface area contributed by atoms with E-state index in [-0.39, 0.29) is 24.2 Å². The van der Waals surface area contributed by atoms with Crippen LogP contribution in [0.4, 0.5) is 5.82 Å². The van der Waals surface area contributed by atoms with Gasteiger partial charge in [0.05, 0.1) is 7.45 Å². The second-order valence-corrected chi connectivity index (χ2v) is 12.7. The molecule has 0 aromatic carbocycles. The Kier molecular flexibility index (Phi) is 5.20. The lowest BCUT2D eigenvalue weighted by atomic mass is 10.3. The van der Waals surface area contributed by atoms with Gasteiger partial charge in [-0.15, -0.1) is 14.0 Å². The number of rotatable bonds is 4. The van der Waals surface area contributed by atoms with E-state index in [1.165, 1.54) is 0 Å². The molecule has 7 nitrogen and oxygen atoms in total. The standard InChI is InChI=1S/C8H15N5O2P4/c1-2-3-12-4-5(14)9-7-6(8(12)15)13(11-10-7)19(17)18-16/h18H,2-4,16-17H2,1H3,(H,9,14). The van der Waals surface area contributed by atoms with Gasteiger partial charge in [0.25, 0.3) is 5.91 Å². The summed E-state index contributed by atoms with van der Waals surface area (Å²) in [6.45, 7) is 2.59. The maximum atomic E-state index is 12.5. The van der Waals surface area contributed by atoms with Crippen LogP contribution in [0.25, 0.3) is 0 Å². The number of anilines is 1. The van der Waals surface area contributed by atoms with Gasteiger partial charge in [-0.1, -0.05) is 21.1 Å². The smallest absolute Gasteiger partial charge is 0.276 e. The molecule has 0 fully saturated rings. The monoisotopic (exact) mass is 337 g/mol. The fourth-order valence-electron chi connectivity index (χ4n) is 1.77. The van der Waals surface area contributed by atoms with E-state index >= 15 is 0 Å². The van der Waals surface area contributed by atoms with Gasteiger partial charge in [-0.05, 0) is 14.4 Å². The fourth-order valence-corrected chi connectivity index (χ4v) is 4.62. The molecular formula is C8H15N5O2P4. The van der Waals surface area contributed by atoms with Crippen molar-refractivity contribution < 1.29 is 9.59 Å². The Bertz CT molecular complexity index is 507. The first kappa shape index (κ1) is 15.2. The average molecular weight is 337 g/mol. The van der Waals surface area contributed by atoms with Crippen molar-refractivity contribution in [3.63, 3.8) is 0 Å². The van der Waals surface area contributed by atoms with Gasteiger partial charge in [0.1, 0.15) is 6.54 Å². The Balaban J connectivity index is 2.44.